The molecule has 0 aliphatic carbocycles. The summed E-state index contributed by atoms with van der Waals surface area (Å²) < 4.78 is 18.6. The van der Waals surface area contributed by atoms with Crippen LogP contribution in [0.3, 0.4) is 0 Å². The first-order valence-corrected chi connectivity index (χ1v) is 9.55. The number of hydrogen-bond donors (Lipinski definition) is 0. The van der Waals surface area contributed by atoms with Crippen molar-refractivity contribution in [1.82, 2.24) is 4.90 Å². The zero-order valence-electron chi connectivity index (χ0n) is 16.5. The second kappa shape index (κ2) is 8.42. The van der Waals surface area contributed by atoms with E-state index in [1.165, 1.54) is 36.6 Å². The molecule has 4 rings (SSSR count). The highest BCUT2D eigenvalue weighted by atomic mass is 19.1. The first kappa shape index (κ1) is 20.9. The lowest BCUT2D eigenvalue weighted by Gasteiger charge is -2.27. The van der Waals surface area contributed by atoms with Crippen LogP contribution < -0.4 is 4.90 Å². The maximum absolute atomic E-state index is 13.3. The van der Waals surface area contributed by atoms with Crippen LogP contribution in [0, 0.1) is 15.9 Å². The Morgan fingerprint density at radius 2 is 1.91 bits per heavy atom. The summed E-state index contributed by atoms with van der Waals surface area (Å²) in [5.74, 6) is -2.04. The molecular formula is C22H16FN3O6. The van der Waals surface area contributed by atoms with Crippen LogP contribution in [-0.2, 0) is 16.1 Å². The zero-order valence-corrected chi connectivity index (χ0v) is 16.5. The lowest BCUT2D eigenvalue weighted by molar-refractivity contribution is -0.384. The summed E-state index contributed by atoms with van der Waals surface area (Å²) in [4.78, 5) is 51.7. The number of benzene rings is 2. The van der Waals surface area contributed by atoms with Crippen molar-refractivity contribution in [2.45, 2.75) is 19.0 Å². The van der Waals surface area contributed by atoms with Crippen molar-refractivity contribution in [1.29, 1.82) is 0 Å². The van der Waals surface area contributed by atoms with Crippen LogP contribution in [0.15, 0.2) is 71.3 Å². The number of imide groups is 1. The molecule has 0 N–H and O–H groups in total. The van der Waals surface area contributed by atoms with Crippen molar-refractivity contribution in [2.24, 2.45) is 0 Å². The number of non-ortho nitro benzene ring substituents is 1. The standard InChI is InChI=1S/C22H16FN3O6/c23-15-6-8-16(9-7-15)25-20(27)12-19(22(25)29)24(13-18-5-2-10-32-18)21(28)14-3-1-4-17(11-14)26(30)31/h1-11,19H,12-13H2. The number of halogens is 1. The van der Waals surface area contributed by atoms with E-state index in [0.717, 1.165) is 28.0 Å². The fourth-order valence-corrected chi connectivity index (χ4v) is 3.53. The van der Waals surface area contributed by atoms with Crippen molar-refractivity contribution in [3.8, 4) is 0 Å². The van der Waals surface area contributed by atoms with Crippen molar-refractivity contribution in [3.63, 3.8) is 0 Å². The molecule has 9 nitrogen and oxygen atoms in total. The van der Waals surface area contributed by atoms with Crippen molar-refractivity contribution in [2.75, 3.05) is 4.90 Å². The van der Waals surface area contributed by atoms with Gasteiger partial charge in [0.2, 0.25) is 5.91 Å². The van der Waals surface area contributed by atoms with E-state index < -0.39 is 34.5 Å². The van der Waals surface area contributed by atoms with Crippen LogP contribution in [-0.4, -0.2) is 33.6 Å². The second-order valence-corrected chi connectivity index (χ2v) is 7.08. The molecule has 3 aromatic rings. The van der Waals surface area contributed by atoms with Crippen LogP contribution in [0.4, 0.5) is 15.8 Å². The Morgan fingerprint density at radius 1 is 1.16 bits per heavy atom. The third-order valence-electron chi connectivity index (χ3n) is 5.05. The number of hydrogen-bond acceptors (Lipinski definition) is 6. The van der Waals surface area contributed by atoms with Gasteiger partial charge in [-0.2, -0.15) is 0 Å². The lowest BCUT2D eigenvalue weighted by Crippen LogP contribution is -2.45. The highest BCUT2D eigenvalue weighted by Crippen LogP contribution is 2.28. The highest BCUT2D eigenvalue weighted by Gasteiger charge is 2.45. The Kier molecular flexibility index (Phi) is 5.50. The summed E-state index contributed by atoms with van der Waals surface area (Å²) in [6, 6.07) is 12.0. The molecule has 162 valence electrons. The molecule has 1 unspecified atom stereocenters. The molecule has 0 bridgehead atoms. The van der Waals surface area contributed by atoms with E-state index in [0.29, 0.717) is 5.76 Å². The number of rotatable bonds is 6. The van der Waals surface area contributed by atoms with E-state index in [1.807, 2.05) is 0 Å². The van der Waals surface area contributed by atoms with Crippen LogP contribution in [0.5, 0.6) is 0 Å². The Labute approximate surface area is 180 Å². The number of furan rings is 1. The van der Waals surface area contributed by atoms with Crippen molar-refractivity contribution < 1.29 is 28.1 Å². The van der Waals surface area contributed by atoms with Gasteiger partial charge in [0.25, 0.3) is 17.5 Å². The molecule has 1 aliphatic heterocycles. The molecule has 1 aromatic heterocycles. The summed E-state index contributed by atoms with van der Waals surface area (Å²) in [7, 11) is 0. The number of amides is 3. The topological polar surface area (TPSA) is 114 Å². The third-order valence-corrected chi connectivity index (χ3v) is 5.05. The number of nitrogens with zero attached hydrogens (tertiary/aromatic N) is 3. The summed E-state index contributed by atoms with van der Waals surface area (Å²) in [5.41, 5.74) is -0.105. The molecule has 2 aromatic carbocycles. The average molecular weight is 437 g/mol. The van der Waals surface area contributed by atoms with Crippen LogP contribution in [0.25, 0.3) is 0 Å². The molecule has 2 heterocycles. The quantitative estimate of drug-likeness (QED) is 0.332. The van der Waals surface area contributed by atoms with E-state index in [9.17, 15) is 28.9 Å². The van der Waals surface area contributed by atoms with E-state index in [2.05, 4.69) is 0 Å². The molecule has 1 atom stereocenters. The molecule has 0 spiro atoms. The van der Waals surface area contributed by atoms with Gasteiger partial charge in [0.15, 0.2) is 0 Å². The van der Waals surface area contributed by atoms with Gasteiger partial charge in [0.1, 0.15) is 17.6 Å². The largest absolute Gasteiger partial charge is 0.467 e. The summed E-state index contributed by atoms with van der Waals surface area (Å²) >= 11 is 0. The summed E-state index contributed by atoms with van der Waals surface area (Å²) in [6.45, 7) is -0.129. The number of carbonyl (C=O) groups excluding carboxylic acids is 3. The molecule has 1 fully saturated rings. The molecule has 10 heteroatoms. The summed E-state index contributed by atoms with van der Waals surface area (Å²) in [5, 5.41) is 11.1. The van der Waals surface area contributed by atoms with Gasteiger partial charge < -0.3 is 9.32 Å². The second-order valence-electron chi connectivity index (χ2n) is 7.08. The normalized spacial score (nSPS) is 15.8. The van der Waals surface area contributed by atoms with Gasteiger partial charge in [-0.25, -0.2) is 9.29 Å². The summed E-state index contributed by atoms with van der Waals surface area (Å²) in [6.07, 6.45) is 1.11. The Morgan fingerprint density at radius 3 is 2.56 bits per heavy atom. The minimum atomic E-state index is -1.16. The van der Waals surface area contributed by atoms with Crippen LogP contribution >= 0.6 is 0 Å². The van der Waals surface area contributed by atoms with Crippen LogP contribution in [0.1, 0.15) is 22.5 Å². The monoisotopic (exact) mass is 437 g/mol. The predicted molar refractivity (Wildman–Crippen MR) is 109 cm³/mol. The van der Waals surface area contributed by atoms with Gasteiger partial charge in [-0.05, 0) is 42.5 Å². The number of carbonyl (C=O) groups is 3. The van der Waals surface area contributed by atoms with E-state index in [-0.39, 0.29) is 29.9 Å². The first-order chi connectivity index (χ1) is 15.3. The Bertz CT molecular complexity index is 1190. The molecule has 1 saturated heterocycles. The smallest absolute Gasteiger partial charge is 0.270 e. The van der Waals surface area contributed by atoms with Gasteiger partial charge in [-0.1, -0.05) is 6.07 Å². The fourth-order valence-electron chi connectivity index (χ4n) is 3.53. The molecule has 32 heavy (non-hydrogen) atoms. The SMILES string of the molecule is O=C1CC(N(Cc2ccco2)C(=O)c2cccc([N+](=O)[O-])c2)C(=O)N1c1ccc(F)cc1. The van der Waals surface area contributed by atoms with Crippen molar-refractivity contribution >= 4 is 29.1 Å². The molecule has 0 saturated carbocycles. The number of nitro benzene ring substituents is 1. The van der Waals surface area contributed by atoms with Gasteiger partial charge in [-0.3, -0.25) is 24.5 Å². The predicted octanol–water partition coefficient (Wildman–Crippen LogP) is 3.30. The van der Waals surface area contributed by atoms with Gasteiger partial charge in [0, 0.05) is 17.7 Å². The lowest BCUT2D eigenvalue weighted by atomic mass is 10.1. The molecule has 0 radical (unpaired) electrons. The fraction of sp³-hybridized carbons (Fsp3) is 0.136. The van der Waals surface area contributed by atoms with E-state index >= 15 is 0 Å². The first-order valence-electron chi connectivity index (χ1n) is 9.55. The Balaban J connectivity index is 1.69. The van der Waals surface area contributed by atoms with E-state index in [4.69, 9.17) is 4.42 Å². The van der Waals surface area contributed by atoms with Gasteiger partial charge >= 0.3 is 0 Å². The van der Waals surface area contributed by atoms with E-state index in [1.54, 1.807) is 12.1 Å². The maximum atomic E-state index is 13.3. The molecule has 1 aliphatic rings. The van der Waals surface area contributed by atoms with Crippen LogP contribution in [0.2, 0.25) is 0 Å². The average Bonchev–Trinajstić information content (AvgIpc) is 3.40. The number of anilines is 1. The number of nitro groups is 1. The van der Waals surface area contributed by atoms with Crippen molar-refractivity contribution in [3.05, 3.63) is 94.2 Å². The third kappa shape index (κ3) is 3.97. The zero-order chi connectivity index (χ0) is 22.8. The minimum Gasteiger partial charge on any atom is -0.467 e. The highest BCUT2D eigenvalue weighted by molar-refractivity contribution is 6.23. The van der Waals surface area contributed by atoms with Gasteiger partial charge in [0.05, 0.1) is 29.8 Å². The van der Waals surface area contributed by atoms with Gasteiger partial charge in [-0.15, -0.1) is 0 Å². The Hall–Kier alpha value is -4.34. The minimum absolute atomic E-state index is 0.00811. The molecular weight excluding hydrogens is 421 g/mol. The molecule has 3 amide bonds. The maximum Gasteiger partial charge on any atom is 0.270 e.